The Hall–Kier alpha value is -4.19. The summed E-state index contributed by atoms with van der Waals surface area (Å²) in [5.41, 5.74) is 9.78. The second kappa shape index (κ2) is 10.7. The minimum absolute atomic E-state index is 0.215. The van der Waals surface area contributed by atoms with Crippen LogP contribution < -0.4 is 25.3 Å². The van der Waals surface area contributed by atoms with E-state index in [0.717, 1.165) is 16.7 Å². The second-order valence-corrected chi connectivity index (χ2v) is 6.91. The number of carbonyl (C=O) groups is 1. The van der Waals surface area contributed by atoms with Gasteiger partial charge in [-0.15, -0.1) is 0 Å². The molecule has 0 saturated carbocycles. The number of amides is 1. The number of nitrogens with one attached hydrogen (secondary N) is 1. The van der Waals surface area contributed by atoms with Crippen molar-refractivity contribution < 1.29 is 19.0 Å². The number of nitrogen functional groups attached to an aromatic ring is 1. The number of ether oxygens (including phenoxy) is 3. The van der Waals surface area contributed by atoms with E-state index in [-0.39, 0.29) is 5.91 Å². The fourth-order valence-electron chi connectivity index (χ4n) is 3.07. The first-order valence-corrected chi connectivity index (χ1v) is 9.95. The van der Waals surface area contributed by atoms with Gasteiger partial charge >= 0.3 is 0 Å². The molecule has 6 heteroatoms. The van der Waals surface area contributed by atoms with E-state index < -0.39 is 0 Å². The van der Waals surface area contributed by atoms with E-state index in [1.54, 1.807) is 39.5 Å². The number of carbonyl (C=O) groups excluding carboxylic acids is 1. The maximum absolute atomic E-state index is 12.3. The molecule has 0 aliphatic heterocycles. The highest BCUT2D eigenvalue weighted by Gasteiger charge is 2.12. The molecule has 0 aliphatic carbocycles. The first-order chi connectivity index (χ1) is 15.5. The molecule has 0 heterocycles. The van der Waals surface area contributed by atoms with Gasteiger partial charge in [0.1, 0.15) is 0 Å². The summed E-state index contributed by atoms with van der Waals surface area (Å²) in [6.07, 6.45) is 7.11. The Balaban J connectivity index is 1.71. The Kier molecular flexibility index (Phi) is 7.54. The summed E-state index contributed by atoms with van der Waals surface area (Å²) in [7, 11) is 4.73. The van der Waals surface area contributed by atoms with Gasteiger partial charge in [0.05, 0.1) is 21.3 Å². The lowest BCUT2D eigenvalue weighted by molar-refractivity contribution is -0.111. The topological polar surface area (TPSA) is 82.8 Å². The summed E-state index contributed by atoms with van der Waals surface area (Å²) in [6, 6.07) is 18.6. The third-order valence-electron chi connectivity index (χ3n) is 4.67. The molecule has 3 rings (SSSR count). The van der Waals surface area contributed by atoms with E-state index in [4.69, 9.17) is 19.9 Å². The molecule has 0 spiro atoms. The standard InChI is InChI=1S/C26H26N2O4/c1-30-23-16-20(17-24(31-2)26(23)32-3)8-7-19-5-4-6-22(15-19)28-25(29)14-11-18-9-12-21(27)13-10-18/h4-17H,27H2,1-3H3,(H,28,29)/b8-7?,14-11+. The van der Waals surface area contributed by atoms with Gasteiger partial charge in [-0.3, -0.25) is 4.79 Å². The van der Waals surface area contributed by atoms with Gasteiger partial charge in [-0.05, 0) is 59.2 Å². The molecule has 0 atom stereocenters. The van der Waals surface area contributed by atoms with Gasteiger partial charge in [0.2, 0.25) is 11.7 Å². The summed E-state index contributed by atoms with van der Waals surface area (Å²) < 4.78 is 16.1. The first-order valence-electron chi connectivity index (χ1n) is 9.95. The van der Waals surface area contributed by atoms with Crippen molar-refractivity contribution in [2.24, 2.45) is 0 Å². The van der Waals surface area contributed by atoms with Crippen molar-refractivity contribution in [3.8, 4) is 17.2 Å². The van der Waals surface area contributed by atoms with Gasteiger partial charge in [-0.25, -0.2) is 0 Å². The quantitative estimate of drug-likeness (QED) is 0.295. The maximum Gasteiger partial charge on any atom is 0.248 e. The van der Waals surface area contributed by atoms with Gasteiger partial charge < -0.3 is 25.3 Å². The third-order valence-corrected chi connectivity index (χ3v) is 4.67. The van der Waals surface area contributed by atoms with Crippen LogP contribution in [0.1, 0.15) is 16.7 Å². The summed E-state index contributed by atoms with van der Waals surface area (Å²) in [6.45, 7) is 0. The molecule has 0 unspecified atom stereocenters. The zero-order valence-electron chi connectivity index (χ0n) is 18.3. The van der Waals surface area contributed by atoms with Crippen LogP contribution in [0.3, 0.4) is 0 Å². The number of methoxy groups -OCH3 is 3. The predicted molar refractivity (Wildman–Crippen MR) is 130 cm³/mol. The third kappa shape index (κ3) is 5.92. The molecular formula is C26H26N2O4. The number of benzene rings is 3. The minimum atomic E-state index is -0.215. The Labute approximate surface area is 187 Å². The van der Waals surface area contributed by atoms with Crippen LogP contribution in [0.2, 0.25) is 0 Å². The van der Waals surface area contributed by atoms with Crippen LogP contribution in [0, 0.1) is 0 Å². The average Bonchev–Trinajstić information content (AvgIpc) is 2.81. The van der Waals surface area contributed by atoms with Crippen molar-refractivity contribution in [3.05, 3.63) is 83.4 Å². The number of hydrogen-bond donors (Lipinski definition) is 2. The van der Waals surface area contributed by atoms with E-state index in [1.807, 2.05) is 60.7 Å². The van der Waals surface area contributed by atoms with Gasteiger partial charge in [-0.1, -0.05) is 36.4 Å². The number of rotatable bonds is 8. The highest BCUT2D eigenvalue weighted by Crippen LogP contribution is 2.38. The zero-order valence-corrected chi connectivity index (χ0v) is 18.3. The summed E-state index contributed by atoms with van der Waals surface area (Å²) in [5, 5.41) is 2.87. The van der Waals surface area contributed by atoms with Gasteiger partial charge in [0.25, 0.3) is 0 Å². The van der Waals surface area contributed by atoms with E-state index in [1.165, 1.54) is 6.08 Å². The first kappa shape index (κ1) is 22.5. The van der Waals surface area contributed by atoms with Gasteiger partial charge in [-0.2, -0.15) is 0 Å². The lowest BCUT2D eigenvalue weighted by Gasteiger charge is -2.12. The fourth-order valence-corrected chi connectivity index (χ4v) is 3.07. The smallest absolute Gasteiger partial charge is 0.248 e. The Morgan fingerprint density at radius 1 is 0.781 bits per heavy atom. The molecule has 0 saturated heterocycles. The lowest BCUT2D eigenvalue weighted by Crippen LogP contribution is -2.07. The molecule has 1 amide bonds. The SMILES string of the molecule is COc1cc(C=Cc2cccc(NC(=O)/C=C/c3ccc(N)cc3)c2)cc(OC)c1OC. The number of anilines is 2. The van der Waals surface area contributed by atoms with E-state index in [9.17, 15) is 4.79 Å². The summed E-state index contributed by atoms with van der Waals surface area (Å²) >= 11 is 0. The van der Waals surface area contributed by atoms with E-state index in [2.05, 4.69) is 5.32 Å². The van der Waals surface area contributed by atoms with Crippen LogP contribution in [0.5, 0.6) is 17.2 Å². The Morgan fingerprint density at radius 2 is 1.44 bits per heavy atom. The number of nitrogens with two attached hydrogens (primary N) is 1. The summed E-state index contributed by atoms with van der Waals surface area (Å²) in [4.78, 5) is 12.3. The monoisotopic (exact) mass is 430 g/mol. The molecule has 6 nitrogen and oxygen atoms in total. The van der Waals surface area contributed by atoms with Crippen LogP contribution in [-0.4, -0.2) is 27.2 Å². The second-order valence-electron chi connectivity index (χ2n) is 6.91. The van der Waals surface area contributed by atoms with Crippen molar-refractivity contribution in [2.75, 3.05) is 32.4 Å². The maximum atomic E-state index is 12.3. The Morgan fingerprint density at radius 3 is 2.06 bits per heavy atom. The molecule has 0 aliphatic rings. The molecule has 164 valence electrons. The van der Waals surface area contributed by atoms with E-state index in [0.29, 0.717) is 28.6 Å². The van der Waals surface area contributed by atoms with Crippen molar-refractivity contribution >= 4 is 35.5 Å². The lowest BCUT2D eigenvalue weighted by atomic mass is 10.1. The molecule has 0 radical (unpaired) electrons. The van der Waals surface area contributed by atoms with Crippen molar-refractivity contribution in [1.29, 1.82) is 0 Å². The minimum Gasteiger partial charge on any atom is -0.493 e. The molecular weight excluding hydrogens is 404 g/mol. The van der Waals surface area contributed by atoms with Crippen molar-refractivity contribution in [1.82, 2.24) is 0 Å². The molecule has 0 bridgehead atoms. The highest BCUT2D eigenvalue weighted by atomic mass is 16.5. The molecule has 3 aromatic rings. The van der Waals surface area contributed by atoms with Crippen LogP contribution in [0.4, 0.5) is 11.4 Å². The van der Waals surface area contributed by atoms with Gasteiger partial charge in [0, 0.05) is 17.5 Å². The highest BCUT2D eigenvalue weighted by molar-refractivity contribution is 6.02. The normalized spacial score (nSPS) is 11.0. The molecule has 3 aromatic carbocycles. The predicted octanol–water partition coefficient (Wildman–Crippen LogP) is 5.12. The van der Waals surface area contributed by atoms with Crippen molar-refractivity contribution in [2.45, 2.75) is 0 Å². The van der Waals surface area contributed by atoms with Gasteiger partial charge in [0.15, 0.2) is 11.5 Å². The molecule has 3 N–H and O–H groups in total. The van der Waals surface area contributed by atoms with Crippen LogP contribution in [0.25, 0.3) is 18.2 Å². The zero-order chi connectivity index (χ0) is 22.9. The van der Waals surface area contributed by atoms with Crippen LogP contribution in [-0.2, 0) is 4.79 Å². The molecule has 0 aromatic heterocycles. The molecule has 32 heavy (non-hydrogen) atoms. The largest absolute Gasteiger partial charge is 0.493 e. The van der Waals surface area contributed by atoms with Crippen LogP contribution in [0.15, 0.2) is 66.7 Å². The Bertz CT molecular complexity index is 1110. The average molecular weight is 431 g/mol. The number of hydrogen-bond acceptors (Lipinski definition) is 5. The van der Waals surface area contributed by atoms with Crippen LogP contribution >= 0.6 is 0 Å². The molecule has 0 fully saturated rings. The van der Waals surface area contributed by atoms with E-state index >= 15 is 0 Å². The van der Waals surface area contributed by atoms with Crippen molar-refractivity contribution in [3.63, 3.8) is 0 Å². The summed E-state index contributed by atoms with van der Waals surface area (Å²) in [5.74, 6) is 1.50. The fraction of sp³-hybridized carbons (Fsp3) is 0.115.